The van der Waals surface area contributed by atoms with Crippen LogP contribution in [0.1, 0.15) is 46.0 Å². The van der Waals surface area contributed by atoms with Crippen molar-refractivity contribution in [3.05, 3.63) is 0 Å². The summed E-state index contributed by atoms with van der Waals surface area (Å²) in [7, 11) is 0. The van der Waals surface area contributed by atoms with E-state index < -0.39 is 0 Å². The highest BCUT2D eigenvalue weighted by molar-refractivity contribution is 5.82. The number of rotatable bonds is 6. The first-order chi connectivity index (χ1) is 10.0. The summed E-state index contributed by atoms with van der Waals surface area (Å²) >= 11 is 0. The molecule has 1 heterocycles. The Hall–Kier alpha value is -1.10. The van der Waals surface area contributed by atoms with Crippen LogP contribution in [0.15, 0.2) is 0 Å². The van der Waals surface area contributed by atoms with E-state index in [2.05, 4.69) is 19.2 Å². The maximum absolute atomic E-state index is 12.2. The van der Waals surface area contributed by atoms with E-state index in [0.29, 0.717) is 19.0 Å². The monoisotopic (exact) mass is 296 g/mol. The Labute approximate surface area is 127 Å². The number of hydrogen-bond acceptors (Lipinski definition) is 3. The van der Waals surface area contributed by atoms with E-state index in [9.17, 15) is 14.7 Å². The van der Waals surface area contributed by atoms with Gasteiger partial charge in [0.2, 0.25) is 11.8 Å². The molecule has 0 aromatic carbocycles. The van der Waals surface area contributed by atoms with Gasteiger partial charge in [-0.15, -0.1) is 0 Å². The molecule has 1 aliphatic heterocycles. The molecule has 21 heavy (non-hydrogen) atoms. The lowest BCUT2D eigenvalue weighted by molar-refractivity contribution is -0.137. The van der Waals surface area contributed by atoms with Crippen molar-refractivity contribution >= 4 is 11.8 Å². The minimum Gasteiger partial charge on any atom is -0.394 e. The number of piperidine rings is 1. The van der Waals surface area contributed by atoms with Crippen LogP contribution in [0.25, 0.3) is 0 Å². The second kappa shape index (κ2) is 7.25. The fourth-order valence-corrected chi connectivity index (χ4v) is 3.02. The molecule has 2 aliphatic rings. The van der Waals surface area contributed by atoms with Crippen LogP contribution in [-0.4, -0.2) is 47.6 Å². The van der Waals surface area contributed by atoms with Gasteiger partial charge in [-0.2, -0.15) is 0 Å². The fourth-order valence-electron chi connectivity index (χ4n) is 3.02. The molecule has 2 N–H and O–H groups in total. The molecule has 1 aliphatic carbocycles. The molecular weight excluding hydrogens is 268 g/mol. The molecule has 0 radical (unpaired) electrons. The molecule has 2 rings (SSSR count). The van der Waals surface area contributed by atoms with E-state index in [0.717, 1.165) is 32.1 Å². The highest BCUT2D eigenvalue weighted by atomic mass is 16.3. The average molecular weight is 296 g/mol. The molecule has 1 saturated carbocycles. The maximum atomic E-state index is 12.2. The molecule has 0 bridgehead atoms. The molecule has 2 amide bonds. The van der Waals surface area contributed by atoms with Crippen molar-refractivity contribution in [1.82, 2.24) is 10.2 Å². The van der Waals surface area contributed by atoms with E-state index >= 15 is 0 Å². The number of amides is 2. The van der Waals surface area contributed by atoms with E-state index in [-0.39, 0.29) is 36.3 Å². The van der Waals surface area contributed by atoms with Crippen molar-refractivity contribution in [2.45, 2.75) is 52.0 Å². The van der Waals surface area contributed by atoms with Gasteiger partial charge in [0.15, 0.2) is 0 Å². The number of likely N-dealkylation sites (tertiary alicyclic amines) is 1. The SMILES string of the molecule is CC(C)CC(CO)NC(=O)C1CCN(C(=O)C2CC2)CC1. The number of carbonyl (C=O) groups is 2. The lowest BCUT2D eigenvalue weighted by Crippen LogP contribution is -2.46. The van der Waals surface area contributed by atoms with Gasteiger partial charge in [-0.1, -0.05) is 13.8 Å². The Bertz CT molecular complexity index is 372. The summed E-state index contributed by atoms with van der Waals surface area (Å²) in [5.41, 5.74) is 0. The van der Waals surface area contributed by atoms with Crippen LogP contribution in [-0.2, 0) is 9.59 Å². The smallest absolute Gasteiger partial charge is 0.225 e. The molecule has 1 atom stereocenters. The number of carbonyl (C=O) groups excluding carboxylic acids is 2. The molecule has 2 fully saturated rings. The van der Waals surface area contributed by atoms with Crippen molar-refractivity contribution < 1.29 is 14.7 Å². The second-order valence-electron chi connectivity index (χ2n) is 6.89. The summed E-state index contributed by atoms with van der Waals surface area (Å²) in [4.78, 5) is 26.1. The fraction of sp³-hybridized carbons (Fsp3) is 0.875. The molecule has 0 aromatic rings. The van der Waals surface area contributed by atoms with Gasteiger partial charge in [-0.3, -0.25) is 9.59 Å². The quantitative estimate of drug-likeness (QED) is 0.773. The Morgan fingerprint density at radius 3 is 2.24 bits per heavy atom. The maximum Gasteiger partial charge on any atom is 0.225 e. The minimum atomic E-state index is -0.149. The zero-order valence-electron chi connectivity index (χ0n) is 13.2. The normalized spacial score (nSPS) is 21.4. The summed E-state index contributed by atoms with van der Waals surface area (Å²) in [6.45, 7) is 5.54. The Morgan fingerprint density at radius 1 is 1.14 bits per heavy atom. The number of aliphatic hydroxyl groups excluding tert-OH is 1. The van der Waals surface area contributed by atoms with Crippen molar-refractivity contribution in [2.75, 3.05) is 19.7 Å². The van der Waals surface area contributed by atoms with E-state index in [1.807, 2.05) is 4.90 Å². The van der Waals surface area contributed by atoms with Crippen LogP contribution in [0, 0.1) is 17.8 Å². The Kier molecular flexibility index (Phi) is 5.62. The average Bonchev–Trinajstić information content (AvgIpc) is 3.30. The topological polar surface area (TPSA) is 69.6 Å². The van der Waals surface area contributed by atoms with Gasteiger partial charge in [0.05, 0.1) is 12.6 Å². The van der Waals surface area contributed by atoms with Crippen LogP contribution in [0.4, 0.5) is 0 Å². The van der Waals surface area contributed by atoms with Crippen molar-refractivity contribution in [3.63, 3.8) is 0 Å². The first-order valence-corrected chi connectivity index (χ1v) is 8.21. The van der Waals surface area contributed by atoms with Crippen LogP contribution < -0.4 is 5.32 Å². The summed E-state index contributed by atoms with van der Waals surface area (Å²) in [6.07, 6.45) is 4.34. The van der Waals surface area contributed by atoms with Crippen molar-refractivity contribution in [3.8, 4) is 0 Å². The van der Waals surface area contributed by atoms with Crippen molar-refractivity contribution in [2.24, 2.45) is 17.8 Å². The van der Waals surface area contributed by atoms with Crippen LogP contribution >= 0.6 is 0 Å². The van der Waals surface area contributed by atoms with Gasteiger partial charge in [-0.25, -0.2) is 0 Å². The molecule has 0 aromatic heterocycles. The van der Waals surface area contributed by atoms with Gasteiger partial charge in [-0.05, 0) is 38.0 Å². The first kappa shape index (κ1) is 16.3. The third-order valence-corrected chi connectivity index (χ3v) is 4.43. The van der Waals surface area contributed by atoms with E-state index in [1.165, 1.54) is 0 Å². The van der Waals surface area contributed by atoms with Gasteiger partial charge in [0, 0.05) is 24.9 Å². The third-order valence-electron chi connectivity index (χ3n) is 4.43. The minimum absolute atomic E-state index is 0.0110. The molecule has 5 nitrogen and oxygen atoms in total. The van der Waals surface area contributed by atoms with Crippen LogP contribution in [0.5, 0.6) is 0 Å². The van der Waals surface area contributed by atoms with Crippen molar-refractivity contribution in [1.29, 1.82) is 0 Å². The van der Waals surface area contributed by atoms with Gasteiger partial charge in [0.25, 0.3) is 0 Å². The Balaban J connectivity index is 1.75. The zero-order chi connectivity index (χ0) is 15.4. The predicted octanol–water partition coefficient (Wildman–Crippen LogP) is 1.16. The number of nitrogens with one attached hydrogen (secondary N) is 1. The largest absolute Gasteiger partial charge is 0.394 e. The summed E-state index contributed by atoms with van der Waals surface area (Å²) in [6, 6.07) is -0.149. The van der Waals surface area contributed by atoms with Crippen LogP contribution in [0.3, 0.4) is 0 Å². The van der Waals surface area contributed by atoms with E-state index in [4.69, 9.17) is 0 Å². The van der Waals surface area contributed by atoms with Crippen LogP contribution in [0.2, 0.25) is 0 Å². The van der Waals surface area contributed by atoms with Gasteiger partial charge < -0.3 is 15.3 Å². The summed E-state index contributed by atoms with van der Waals surface area (Å²) < 4.78 is 0. The standard InChI is InChI=1S/C16H28N2O3/c1-11(2)9-14(10-19)17-15(20)12-5-7-18(8-6-12)16(21)13-3-4-13/h11-14,19H,3-10H2,1-2H3,(H,17,20). The van der Waals surface area contributed by atoms with Gasteiger partial charge >= 0.3 is 0 Å². The molecule has 0 spiro atoms. The summed E-state index contributed by atoms with van der Waals surface area (Å²) in [5.74, 6) is 1.00. The molecule has 1 saturated heterocycles. The molecule has 1 unspecified atom stereocenters. The zero-order valence-corrected chi connectivity index (χ0v) is 13.2. The lowest BCUT2D eigenvalue weighted by atomic mass is 9.94. The second-order valence-corrected chi connectivity index (χ2v) is 6.89. The number of aliphatic hydroxyl groups is 1. The number of nitrogens with zero attached hydrogens (tertiary/aromatic N) is 1. The lowest BCUT2D eigenvalue weighted by Gasteiger charge is -2.32. The van der Waals surface area contributed by atoms with E-state index in [1.54, 1.807) is 0 Å². The first-order valence-electron chi connectivity index (χ1n) is 8.21. The summed E-state index contributed by atoms with van der Waals surface area (Å²) in [5, 5.41) is 12.3. The highest BCUT2D eigenvalue weighted by Crippen LogP contribution is 2.32. The predicted molar refractivity (Wildman–Crippen MR) is 80.5 cm³/mol. The Morgan fingerprint density at radius 2 is 1.76 bits per heavy atom. The molecular formula is C16H28N2O3. The highest BCUT2D eigenvalue weighted by Gasteiger charge is 2.36. The third kappa shape index (κ3) is 4.70. The number of hydrogen-bond donors (Lipinski definition) is 2. The molecule has 5 heteroatoms. The van der Waals surface area contributed by atoms with Gasteiger partial charge in [0.1, 0.15) is 0 Å². The molecule has 120 valence electrons.